The summed E-state index contributed by atoms with van der Waals surface area (Å²) in [5.74, 6) is 0.273. The number of hydrogen-bond donors (Lipinski definition) is 0. The number of aromatic nitrogens is 2. The average molecular weight is 327 g/mol. The van der Waals surface area contributed by atoms with Gasteiger partial charge < -0.3 is 4.74 Å². The molecule has 0 bridgehead atoms. The van der Waals surface area contributed by atoms with Gasteiger partial charge in [0.1, 0.15) is 11.4 Å². The summed E-state index contributed by atoms with van der Waals surface area (Å²) in [6.07, 6.45) is 1.31. The van der Waals surface area contributed by atoms with Gasteiger partial charge in [0.2, 0.25) is 0 Å². The minimum Gasteiger partial charge on any atom is -0.497 e. The van der Waals surface area contributed by atoms with E-state index in [0.29, 0.717) is 12.1 Å². The van der Waals surface area contributed by atoms with Crippen LogP contribution in [0, 0.1) is 15.9 Å². The first kappa shape index (κ1) is 15.7. The molecule has 0 N–H and O–H groups in total. The van der Waals surface area contributed by atoms with Crippen LogP contribution in [0.2, 0.25) is 0 Å². The Morgan fingerprint density at radius 1 is 1.17 bits per heavy atom. The molecule has 0 aliphatic rings. The Bertz CT molecular complexity index is 858. The van der Waals surface area contributed by atoms with Gasteiger partial charge in [-0.05, 0) is 29.8 Å². The zero-order valence-electron chi connectivity index (χ0n) is 12.8. The third-order valence-electron chi connectivity index (χ3n) is 3.57. The van der Waals surface area contributed by atoms with E-state index >= 15 is 0 Å². The number of nitro benzene ring substituents is 1. The fraction of sp³-hybridized carbons (Fsp3) is 0.118. The van der Waals surface area contributed by atoms with Gasteiger partial charge in [0.05, 0.1) is 24.8 Å². The highest BCUT2D eigenvalue weighted by atomic mass is 19.1. The Balaban J connectivity index is 1.82. The number of non-ortho nitro benzene ring substituents is 1. The molecule has 24 heavy (non-hydrogen) atoms. The Hall–Kier alpha value is -3.22. The SMILES string of the molecule is COc1ccc(Cn2cc(F)c(-c3ccc([N+](=O)[O-])cc3)n2)cc1. The van der Waals surface area contributed by atoms with Crippen LogP contribution in [0.5, 0.6) is 5.75 Å². The summed E-state index contributed by atoms with van der Waals surface area (Å²) >= 11 is 0. The minimum absolute atomic E-state index is 0.0446. The largest absolute Gasteiger partial charge is 0.497 e. The van der Waals surface area contributed by atoms with Crippen LogP contribution < -0.4 is 4.74 Å². The van der Waals surface area contributed by atoms with E-state index in [9.17, 15) is 14.5 Å². The van der Waals surface area contributed by atoms with E-state index in [0.717, 1.165) is 11.3 Å². The quantitative estimate of drug-likeness (QED) is 0.530. The Morgan fingerprint density at radius 2 is 1.83 bits per heavy atom. The lowest BCUT2D eigenvalue weighted by atomic mass is 10.1. The van der Waals surface area contributed by atoms with Crippen molar-refractivity contribution in [3.8, 4) is 17.0 Å². The maximum Gasteiger partial charge on any atom is 0.269 e. The molecular weight excluding hydrogens is 313 g/mol. The summed E-state index contributed by atoms with van der Waals surface area (Å²) in [5.41, 5.74) is 1.57. The number of benzene rings is 2. The van der Waals surface area contributed by atoms with Crippen LogP contribution in [-0.4, -0.2) is 21.8 Å². The number of hydrogen-bond acceptors (Lipinski definition) is 4. The van der Waals surface area contributed by atoms with Gasteiger partial charge in [-0.25, -0.2) is 4.39 Å². The lowest BCUT2D eigenvalue weighted by molar-refractivity contribution is -0.384. The van der Waals surface area contributed by atoms with Gasteiger partial charge in [-0.15, -0.1) is 0 Å². The molecule has 1 heterocycles. The third-order valence-corrected chi connectivity index (χ3v) is 3.57. The standard InChI is InChI=1S/C17H14FN3O3/c1-24-15-8-2-12(3-9-15)10-20-11-16(18)17(19-20)13-4-6-14(7-5-13)21(22)23/h2-9,11H,10H2,1H3. The molecule has 0 saturated heterocycles. The van der Waals surface area contributed by atoms with Gasteiger partial charge in [-0.1, -0.05) is 12.1 Å². The van der Waals surface area contributed by atoms with Crippen LogP contribution in [0.25, 0.3) is 11.3 Å². The molecular formula is C17H14FN3O3. The predicted octanol–water partition coefficient (Wildman–Crippen LogP) is 3.65. The fourth-order valence-corrected chi connectivity index (χ4v) is 2.33. The second-order valence-corrected chi connectivity index (χ2v) is 5.18. The molecule has 0 amide bonds. The second kappa shape index (κ2) is 6.49. The van der Waals surface area contributed by atoms with Crippen LogP contribution in [0.4, 0.5) is 10.1 Å². The van der Waals surface area contributed by atoms with Crippen molar-refractivity contribution in [1.82, 2.24) is 9.78 Å². The molecule has 0 unspecified atom stereocenters. The van der Waals surface area contributed by atoms with Gasteiger partial charge >= 0.3 is 0 Å². The van der Waals surface area contributed by atoms with Gasteiger partial charge in [0.15, 0.2) is 5.82 Å². The number of nitrogens with zero attached hydrogens (tertiary/aromatic N) is 3. The normalized spacial score (nSPS) is 10.6. The summed E-state index contributed by atoms with van der Waals surface area (Å²) in [5, 5.41) is 14.9. The van der Waals surface area contributed by atoms with Crippen molar-refractivity contribution in [2.45, 2.75) is 6.54 Å². The number of nitro groups is 1. The number of halogens is 1. The summed E-state index contributed by atoms with van der Waals surface area (Å²) in [7, 11) is 1.59. The van der Waals surface area contributed by atoms with Crippen LogP contribution in [0.3, 0.4) is 0 Å². The van der Waals surface area contributed by atoms with Crippen molar-refractivity contribution in [2.24, 2.45) is 0 Å². The van der Waals surface area contributed by atoms with Crippen molar-refractivity contribution < 1.29 is 14.1 Å². The van der Waals surface area contributed by atoms with Crippen LogP contribution >= 0.6 is 0 Å². The molecule has 1 aromatic heterocycles. The summed E-state index contributed by atoms with van der Waals surface area (Å²) in [6.45, 7) is 0.411. The fourth-order valence-electron chi connectivity index (χ4n) is 2.33. The molecule has 0 radical (unpaired) electrons. The maximum absolute atomic E-state index is 14.1. The molecule has 0 aliphatic heterocycles. The van der Waals surface area contributed by atoms with Crippen molar-refractivity contribution in [1.29, 1.82) is 0 Å². The molecule has 3 rings (SSSR count). The van der Waals surface area contributed by atoms with E-state index in [1.807, 2.05) is 24.3 Å². The summed E-state index contributed by atoms with van der Waals surface area (Å²) < 4.78 is 20.7. The summed E-state index contributed by atoms with van der Waals surface area (Å²) in [6, 6.07) is 13.0. The third kappa shape index (κ3) is 3.24. The molecule has 0 atom stereocenters. The lowest BCUT2D eigenvalue weighted by Crippen LogP contribution is -2.00. The molecule has 3 aromatic rings. The van der Waals surface area contributed by atoms with E-state index in [2.05, 4.69) is 5.10 Å². The van der Waals surface area contributed by atoms with Crippen LogP contribution in [0.1, 0.15) is 5.56 Å². The highest BCUT2D eigenvalue weighted by Crippen LogP contribution is 2.24. The molecule has 7 heteroatoms. The zero-order chi connectivity index (χ0) is 17.1. The first-order valence-corrected chi connectivity index (χ1v) is 7.17. The van der Waals surface area contributed by atoms with Gasteiger partial charge in [-0.3, -0.25) is 14.8 Å². The first-order valence-electron chi connectivity index (χ1n) is 7.17. The molecule has 122 valence electrons. The highest BCUT2D eigenvalue weighted by Gasteiger charge is 2.13. The Labute approximate surface area is 137 Å². The van der Waals surface area contributed by atoms with Crippen molar-refractivity contribution in [3.63, 3.8) is 0 Å². The van der Waals surface area contributed by atoms with Gasteiger partial charge in [0.25, 0.3) is 5.69 Å². The Morgan fingerprint density at radius 3 is 2.42 bits per heavy atom. The average Bonchev–Trinajstić information content (AvgIpc) is 2.96. The van der Waals surface area contributed by atoms with Gasteiger partial charge in [0, 0.05) is 17.7 Å². The molecule has 0 fully saturated rings. The molecule has 6 nitrogen and oxygen atoms in total. The van der Waals surface area contributed by atoms with E-state index in [4.69, 9.17) is 4.74 Å². The molecule has 0 saturated carbocycles. The van der Waals surface area contributed by atoms with Crippen LogP contribution in [0.15, 0.2) is 54.7 Å². The van der Waals surface area contributed by atoms with Crippen LogP contribution in [-0.2, 0) is 6.54 Å². The minimum atomic E-state index is -0.498. The number of ether oxygens (including phenoxy) is 1. The first-order chi connectivity index (χ1) is 11.6. The lowest BCUT2D eigenvalue weighted by Gasteiger charge is -2.03. The summed E-state index contributed by atoms with van der Waals surface area (Å²) in [4.78, 5) is 10.2. The molecule has 0 aliphatic carbocycles. The Kier molecular flexibility index (Phi) is 4.24. The highest BCUT2D eigenvalue weighted by molar-refractivity contribution is 5.61. The van der Waals surface area contributed by atoms with E-state index in [-0.39, 0.29) is 11.4 Å². The van der Waals surface area contributed by atoms with E-state index in [1.54, 1.807) is 7.11 Å². The topological polar surface area (TPSA) is 70.2 Å². The monoisotopic (exact) mass is 327 g/mol. The predicted molar refractivity (Wildman–Crippen MR) is 86.4 cm³/mol. The van der Waals surface area contributed by atoms with E-state index in [1.165, 1.54) is 35.1 Å². The number of methoxy groups -OCH3 is 1. The van der Waals surface area contributed by atoms with E-state index < -0.39 is 10.7 Å². The molecule has 2 aromatic carbocycles. The van der Waals surface area contributed by atoms with Crippen molar-refractivity contribution in [3.05, 3.63) is 76.2 Å². The smallest absolute Gasteiger partial charge is 0.269 e. The maximum atomic E-state index is 14.1. The second-order valence-electron chi connectivity index (χ2n) is 5.18. The van der Waals surface area contributed by atoms with Crippen molar-refractivity contribution >= 4 is 5.69 Å². The zero-order valence-corrected chi connectivity index (χ0v) is 12.8. The van der Waals surface area contributed by atoms with Gasteiger partial charge in [-0.2, -0.15) is 5.10 Å². The van der Waals surface area contributed by atoms with Crippen molar-refractivity contribution in [2.75, 3.05) is 7.11 Å². The number of rotatable bonds is 5. The molecule has 0 spiro atoms.